The van der Waals surface area contributed by atoms with E-state index >= 15 is 0 Å². The van der Waals surface area contributed by atoms with E-state index in [4.69, 9.17) is 0 Å². The van der Waals surface area contributed by atoms with Gasteiger partial charge in [0.25, 0.3) is 0 Å². The van der Waals surface area contributed by atoms with Crippen molar-refractivity contribution in [2.45, 2.75) is 20.4 Å². The summed E-state index contributed by atoms with van der Waals surface area (Å²) >= 11 is 0. The molecule has 20 heavy (non-hydrogen) atoms. The van der Waals surface area contributed by atoms with Crippen LogP contribution in [0.3, 0.4) is 0 Å². The third-order valence-electron chi connectivity index (χ3n) is 3.72. The Labute approximate surface area is 115 Å². The van der Waals surface area contributed by atoms with Gasteiger partial charge in [-0.25, -0.2) is 9.37 Å². The number of benzene rings is 1. The van der Waals surface area contributed by atoms with Crippen molar-refractivity contribution in [1.29, 1.82) is 0 Å². The van der Waals surface area contributed by atoms with Crippen LogP contribution in [0.4, 0.5) is 8.78 Å². The zero-order chi connectivity index (χ0) is 14.3. The van der Waals surface area contributed by atoms with Crippen molar-refractivity contribution in [3.8, 4) is 0 Å². The van der Waals surface area contributed by atoms with Gasteiger partial charge in [-0.3, -0.25) is 0 Å². The predicted octanol–water partition coefficient (Wildman–Crippen LogP) is 3.98. The topological polar surface area (TPSA) is 17.8 Å². The smallest absolute Gasteiger partial charge is 0.213 e. The molecule has 0 bridgehead atoms. The van der Waals surface area contributed by atoms with Crippen LogP contribution in [0.2, 0.25) is 0 Å². The van der Waals surface area contributed by atoms with Crippen LogP contribution in [-0.4, -0.2) is 9.55 Å². The molecule has 3 rings (SSSR count). The van der Waals surface area contributed by atoms with Gasteiger partial charge in [0, 0.05) is 23.7 Å². The molecule has 4 heteroatoms. The highest BCUT2D eigenvalue weighted by atomic mass is 19.1. The van der Waals surface area contributed by atoms with Gasteiger partial charge >= 0.3 is 0 Å². The van der Waals surface area contributed by atoms with Crippen molar-refractivity contribution in [1.82, 2.24) is 9.55 Å². The van der Waals surface area contributed by atoms with Crippen molar-refractivity contribution in [3.05, 3.63) is 65.1 Å². The fraction of sp³-hybridized carbons (Fsp3) is 0.188. The molecule has 1 aromatic carbocycles. The molecular formula is C16H14F2N2. The highest BCUT2D eigenvalue weighted by Gasteiger charge is 2.12. The van der Waals surface area contributed by atoms with E-state index in [0.717, 1.165) is 27.7 Å². The van der Waals surface area contributed by atoms with Gasteiger partial charge in [0.2, 0.25) is 5.95 Å². The summed E-state index contributed by atoms with van der Waals surface area (Å²) in [6, 6.07) is 7.95. The molecule has 0 spiro atoms. The third-order valence-corrected chi connectivity index (χ3v) is 3.72. The summed E-state index contributed by atoms with van der Waals surface area (Å²) in [5.74, 6) is -0.735. The number of aryl methyl sites for hydroxylation is 1. The van der Waals surface area contributed by atoms with Gasteiger partial charge in [0.05, 0.1) is 11.7 Å². The van der Waals surface area contributed by atoms with E-state index in [9.17, 15) is 8.78 Å². The molecule has 0 aliphatic heterocycles. The van der Waals surface area contributed by atoms with Gasteiger partial charge in [0.15, 0.2) is 0 Å². The maximum absolute atomic E-state index is 13.3. The lowest BCUT2D eigenvalue weighted by Crippen LogP contribution is -2.02. The van der Waals surface area contributed by atoms with E-state index in [1.807, 2.05) is 24.5 Å². The number of fused-ring (bicyclic) bond motifs is 1. The maximum atomic E-state index is 13.3. The fourth-order valence-electron chi connectivity index (χ4n) is 2.54. The van der Waals surface area contributed by atoms with Crippen molar-refractivity contribution < 1.29 is 8.78 Å². The number of aromatic nitrogens is 2. The number of pyridine rings is 1. The Hall–Kier alpha value is -2.23. The summed E-state index contributed by atoms with van der Waals surface area (Å²) in [6.07, 6.45) is 1.53. The van der Waals surface area contributed by atoms with Gasteiger partial charge in [0.1, 0.15) is 5.82 Å². The molecular weight excluding hydrogens is 258 g/mol. The second-order valence-corrected chi connectivity index (χ2v) is 4.95. The molecule has 2 nitrogen and oxygen atoms in total. The minimum atomic E-state index is -0.483. The molecule has 0 fully saturated rings. The van der Waals surface area contributed by atoms with E-state index in [0.29, 0.717) is 6.54 Å². The highest BCUT2D eigenvalue weighted by molar-refractivity contribution is 5.84. The molecule has 0 N–H and O–H groups in total. The molecule has 0 atom stereocenters. The molecule has 0 unspecified atom stereocenters. The first kappa shape index (κ1) is 12.8. The number of rotatable bonds is 2. The zero-order valence-corrected chi connectivity index (χ0v) is 11.3. The summed E-state index contributed by atoms with van der Waals surface area (Å²) in [4.78, 5) is 3.72. The Morgan fingerprint density at radius 2 is 1.95 bits per heavy atom. The minimum absolute atomic E-state index is 0.252. The molecule has 0 saturated heterocycles. The molecule has 0 amide bonds. The van der Waals surface area contributed by atoms with Crippen molar-refractivity contribution >= 4 is 10.9 Å². The van der Waals surface area contributed by atoms with Gasteiger partial charge in [-0.15, -0.1) is 0 Å². The van der Waals surface area contributed by atoms with Crippen LogP contribution in [0.25, 0.3) is 10.9 Å². The molecule has 102 valence electrons. The van der Waals surface area contributed by atoms with Crippen LogP contribution in [0.5, 0.6) is 0 Å². The average molecular weight is 272 g/mol. The van der Waals surface area contributed by atoms with Gasteiger partial charge < -0.3 is 4.57 Å². The lowest BCUT2D eigenvalue weighted by Gasteiger charge is -2.08. The van der Waals surface area contributed by atoms with E-state index < -0.39 is 5.95 Å². The van der Waals surface area contributed by atoms with Crippen LogP contribution in [0.15, 0.2) is 36.5 Å². The van der Waals surface area contributed by atoms with Crippen molar-refractivity contribution in [3.63, 3.8) is 0 Å². The molecule has 3 aromatic rings. The molecule has 0 aliphatic carbocycles. The quantitative estimate of drug-likeness (QED) is 0.645. The summed E-state index contributed by atoms with van der Waals surface area (Å²) < 4.78 is 28.6. The van der Waals surface area contributed by atoms with Crippen LogP contribution in [0, 0.1) is 25.6 Å². The Balaban J connectivity index is 2.14. The van der Waals surface area contributed by atoms with E-state index in [2.05, 4.69) is 4.98 Å². The Kier molecular flexibility index (Phi) is 3.01. The van der Waals surface area contributed by atoms with Crippen LogP contribution >= 0.6 is 0 Å². The maximum Gasteiger partial charge on any atom is 0.213 e. The molecule has 0 radical (unpaired) electrons. The number of hydrogen-bond donors (Lipinski definition) is 0. The Bertz CT molecular complexity index is 791. The van der Waals surface area contributed by atoms with Crippen molar-refractivity contribution in [2.75, 3.05) is 0 Å². The molecule has 2 aromatic heterocycles. The van der Waals surface area contributed by atoms with Gasteiger partial charge in [-0.05, 0) is 37.1 Å². The monoisotopic (exact) mass is 272 g/mol. The number of halogens is 2. The largest absolute Gasteiger partial charge is 0.339 e. The van der Waals surface area contributed by atoms with Crippen molar-refractivity contribution in [2.24, 2.45) is 0 Å². The average Bonchev–Trinajstić information content (AvgIpc) is 2.64. The van der Waals surface area contributed by atoms with Crippen LogP contribution in [-0.2, 0) is 6.54 Å². The predicted molar refractivity (Wildman–Crippen MR) is 74.7 cm³/mol. The summed E-state index contributed by atoms with van der Waals surface area (Å²) in [5.41, 5.74) is 3.80. The highest BCUT2D eigenvalue weighted by Crippen LogP contribution is 2.26. The second kappa shape index (κ2) is 4.71. The Morgan fingerprint density at radius 3 is 2.70 bits per heavy atom. The lowest BCUT2D eigenvalue weighted by atomic mass is 10.2. The first-order chi connectivity index (χ1) is 9.56. The number of nitrogens with zero attached hydrogens (tertiary/aromatic N) is 2. The zero-order valence-electron chi connectivity index (χ0n) is 11.3. The number of hydrogen-bond acceptors (Lipinski definition) is 1. The van der Waals surface area contributed by atoms with E-state index in [1.165, 1.54) is 24.4 Å². The third kappa shape index (κ3) is 2.07. The van der Waals surface area contributed by atoms with Gasteiger partial charge in [-0.2, -0.15) is 4.39 Å². The summed E-state index contributed by atoms with van der Waals surface area (Å²) in [5, 5.41) is 0.853. The minimum Gasteiger partial charge on any atom is -0.339 e. The summed E-state index contributed by atoms with van der Waals surface area (Å²) in [7, 11) is 0. The Morgan fingerprint density at radius 1 is 1.15 bits per heavy atom. The summed E-state index contributed by atoms with van der Waals surface area (Å²) in [6.45, 7) is 4.48. The van der Waals surface area contributed by atoms with Crippen LogP contribution in [0.1, 0.15) is 16.8 Å². The second-order valence-electron chi connectivity index (χ2n) is 4.95. The standard InChI is InChI=1S/C16H14F2N2/c1-10-11(2)20(9-12-4-3-5-13(17)6-12)15-8-19-16(18)7-14(10)15/h3-8H,9H2,1-2H3. The fourth-order valence-corrected chi connectivity index (χ4v) is 2.54. The normalized spacial score (nSPS) is 11.2. The molecule has 0 aliphatic rings. The first-order valence-corrected chi connectivity index (χ1v) is 6.41. The lowest BCUT2D eigenvalue weighted by molar-refractivity contribution is 0.586. The van der Waals surface area contributed by atoms with E-state index in [-0.39, 0.29) is 5.82 Å². The SMILES string of the molecule is Cc1c(C)n(Cc2cccc(F)c2)c2cnc(F)cc12. The molecule has 2 heterocycles. The first-order valence-electron chi connectivity index (χ1n) is 6.41. The molecule has 0 saturated carbocycles. The van der Waals surface area contributed by atoms with E-state index in [1.54, 1.807) is 6.07 Å². The van der Waals surface area contributed by atoms with Gasteiger partial charge in [-0.1, -0.05) is 12.1 Å². The van der Waals surface area contributed by atoms with Crippen LogP contribution < -0.4 is 0 Å².